The van der Waals surface area contributed by atoms with Crippen molar-refractivity contribution in [1.82, 2.24) is 0 Å². The Morgan fingerprint density at radius 1 is 0.882 bits per heavy atom. The van der Waals surface area contributed by atoms with E-state index in [0.717, 1.165) is 6.07 Å². The van der Waals surface area contributed by atoms with Gasteiger partial charge in [0.2, 0.25) is 0 Å². The van der Waals surface area contributed by atoms with Crippen molar-refractivity contribution in [3.8, 4) is 0 Å². The molecule has 0 aromatic heterocycles. The Labute approximate surface area is 96.9 Å². The fourth-order valence-electron chi connectivity index (χ4n) is 1.46. The lowest BCUT2D eigenvalue weighted by atomic mass is 10.2. The van der Waals surface area contributed by atoms with Gasteiger partial charge in [0.05, 0.1) is 0 Å². The fourth-order valence-corrected chi connectivity index (χ4v) is 1.46. The Hall–Kier alpha value is -1.97. The zero-order valence-corrected chi connectivity index (χ0v) is 8.88. The molecule has 0 radical (unpaired) electrons. The largest absolute Gasteiger partial charge is 0.381 e. The minimum Gasteiger partial charge on any atom is -0.381 e. The minimum atomic E-state index is -0.617. The zero-order chi connectivity index (χ0) is 12.3. The minimum absolute atomic E-state index is 0.176. The molecule has 0 spiro atoms. The molecule has 1 N–H and O–H groups in total. The van der Waals surface area contributed by atoms with Gasteiger partial charge in [-0.3, -0.25) is 0 Å². The molecule has 0 aliphatic carbocycles. The maximum absolute atomic E-state index is 13.3. The molecular weight excluding hydrogens is 227 g/mol. The first-order valence-electron chi connectivity index (χ1n) is 5.08. The lowest BCUT2D eigenvalue weighted by Gasteiger charge is -2.07. The fraction of sp³-hybridized carbons (Fsp3) is 0.0769. The molecule has 0 amide bonds. The van der Waals surface area contributed by atoms with Gasteiger partial charge in [-0.1, -0.05) is 12.1 Å². The molecule has 0 aliphatic heterocycles. The lowest BCUT2D eigenvalue weighted by molar-refractivity contribution is 0.574. The van der Waals surface area contributed by atoms with Gasteiger partial charge in [-0.2, -0.15) is 0 Å². The molecule has 0 saturated heterocycles. The molecule has 0 atom stereocenters. The summed E-state index contributed by atoms with van der Waals surface area (Å²) in [5, 5.41) is 2.86. The van der Waals surface area contributed by atoms with Crippen molar-refractivity contribution in [2.45, 2.75) is 6.54 Å². The molecule has 0 unspecified atom stereocenters. The van der Waals surface area contributed by atoms with Crippen molar-refractivity contribution in [3.05, 3.63) is 65.5 Å². The smallest absolute Gasteiger partial charge is 0.131 e. The lowest BCUT2D eigenvalue weighted by Crippen LogP contribution is -2.02. The number of hydrogen-bond donors (Lipinski definition) is 1. The van der Waals surface area contributed by atoms with Crippen LogP contribution in [0.2, 0.25) is 0 Å². The van der Waals surface area contributed by atoms with Gasteiger partial charge < -0.3 is 5.32 Å². The van der Waals surface area contributed by atoms with Crippen molar-refractivity contribution in [2.24, 2.45) is 0 Å². The van der Waals surface area contributed by atoms with Crippen molar-refractivity contribution >= 4 is 5.69 Å². The Balaban J connectivity index is 2.07. The van der Waals surface area contributed by atoms with E-state index in [4.69, 9.17) is 0 Å². The van der Waals surface area contributed by atoms with Gasteiger partial charge in [0, 0.05) is 23.9 Å². The van der Waals surface area contributed by atoms with Crippen LogP contribution < -0.4 is 5.32 Å². The first-order chi connectivity index (χ1) is 8.15. The molecule has 2 aromatic rings. The Bertz CT molecular complexity index is 526. The van der Waals surface area contributed by atoms with Crippen LogP contribution in [-0.2, 0) is 6.54 Å². The second-order valence-electron chi connectivity index (χ2n) is 3.60. The van der Waals surface area contributed by atoms with E-state index in [0.29, 0.717) is 11.3 Å². The highest BCUT2D eigenvalue weighted by Gasteiger charge is 2.03. The Morgan fingerprint density at radius 3 is 2.35 bits per heavy atom. The third kappa shape index (κ3) is 3.00. The van der Waals surface area contributed by atoms with Crippen molar-refractivity contribution in [3.63, 3.8) is 0 Å². The number of benzene rings is 2. The van der Waals surface area contributed by atoms with E-state index in [9.17, 15) is 13.2 Å². The summed E-state index contributed by atoms with van der Waals surface area (Å²) >= 11 is 0. The molecule has 0 saturated carbocycles. The van der Waals surface area contributed by atoms with Gasteiger partial charge in [-0.05, 0) is 24.3 Å². The average Bonchev–Trinajstić information content (AvgIpc) is 2.28. The van der Waals surface area contributed by atoms with Crippen molar-refractivity contribution in [1.29, 1.82) is 0 Å². The topological polar surface area (TPSA) is 12.0 Å². The van der Waals surface area contributed by atoms with Crippen LogP contribution in [0.3, 0.4) is 0 Å². The van der Waals surface area contributed by atoms with Gasteiger partial charge in [0.1, 0.15) is 17.5 Å². The first-order valence-corrected chi connectivity index (χ1v) is 5.08. The molecule has 88 valence electrons. The summed E-state index contributed by atoms with van der Waals surface area (Å²) in [7, 11) is 0. The third-order valence-electron chi connectivity index (χ3n) is 2.32. The highest BCUT2D eigenvalue weighted by molar-refractivity contribution is 5.43. The van der Waals surface area contributed by atoms with Crippen LogP contribution in [0.1, 0.15) is 5.56 Å². The molecule has 0 bridgehead atoms. The van der Waals surface area contributed by atoms with E-state index in [1.54, 1.807) is 12.1 Å². The van der Waals surface area contributed by atoms with Crippen molar-refractivity contribution in [2.75, 3.05) is 5.32 Å². The first kappa shape index (κ1) is 11.5. The van der Waals surface area contributed by atoms with Crippen LogP contribution in [-0.4, -0.2) is 0 Å². The van der Waals surface area contributed by atoms with E-state index < -0.39 is 11.6 Å². The van der Waals surface area contributed by atoms with Gasteiger partial charge in [-0.15, -0.1) is 0 Å². The molecule has 17 heavy (non-hydrogen) atoms. The number of hydrogen-bond acceptors (Lipinski definition) is 1. The molecular formula is C13H10F3N. The number of anilines is 1. The van der Waals surface area contributed by atoms with Crippen LogP contribution in [0.15, 0.2) is 42.5 Å². The van der Waals surface area contributed by atoms with Crippen LogP contribution in [0.5, 0.6) is 0 Å². The van der Waals surface area contributed by atoms with Crippen LogP contribution in [0, 0.1) is 17.5 Å². The Kier molecular flexibility index (Phi) is 3.32. The molecule has 2 rings (SSSR count). The third-order valence-corrected chi connectivity index (χ3v) is 2.32. The summed E-state index contributed by atoms with van der Waals surface area (Å²) < 4.78 is 38.8. The second-order valence-corrected chi connectivity index (χ2v) is 3.60. The highest BCUT2D eigenvalue weighted by atomic mass is 19.1. The number of nitrogens with one attached hydrogen (secondary N) is 1. The number of rotatable bonds is 3. The van der Waals surface area contributed by atoms with E-state index >= 15 is 0 Å². The molecule has 4 heteroatoms. The van der Waals surface area contributed by atoms with Crippen LogP contribution in [0.25, 0.3) is 0 Å². The van der Waals surface area contributed by atoms with E-state index in [1.165, 1.54) is 24.3 Å². The van der Waals surface area contributed by atoms with Crippen molar-refractivity contribution < 1.29 is 13.2 Å². The van der Waals surface area contributed by atoms with E-state index in [2.05, 4.69) is 5.32 Å². The highest BCUT2D eigenvalue weighted by Crippen LogP contribution is 2.14. The summed E-state index contributed by atoms with van der Waals surface area (Å²) in [5.74, 6) is -1.60. The van der Waals surface area contributed by atoms with Gasteiger partial charge in [-0.25, -0.2) is 13.2 Å². The van der Waals surface area contributed by atoms with Gasteiger partial charge in [0.15, 0.2) is 0 Å². The quantitative estimate of drug-likeness (QED) is 0.857. The van der Waals surface area contributed by atoms with Crippen LogP contribution in [0.4, 0.5) is 18.9 Å². The second kappa shape index (κ2) is 4.91. The summed E-state index contributed by atoms with van der Waals surface area (Å²) in [6.45, 7) is 0.176. The van der Waals surface area contributed by atoms with E-state index in [-0.39, 0.29) is 12.4 Å². The van der Waals surface area contributed by atoms with Crippen LogP contribution >= 0.6 is 0 Å². The molecule has 0 aliphatic rings. The molecule has 0 fully saturated rings. The average molecular weight is 237 g/mol. The molecule has 1 nitrogen and oxygen atoms in total. The monoisotopic (exact) mass is 237 g/mol. The normalized spacial score (nSPS) is 10.3. The van der Waals surface area contributed by atoms with Gasteiger partial charge in [0.25, 0.3) is 0 Å². The zero-order valence-electron chi connectivity index (χ0n) is 8.88. The SMILES string of the molecule is Fc1cccc(NCc2ccc(F)cc2F)c1. The predicted octanol–water partition coefficient (Wildman–Crippen LogP) is 3.72. The van der Waals surface area contributed by atoms with Gasteiger partial charge >= 0.3 is 0 Å². The standard InChI is InChI=1S/C13H10F3N/c14-10-2-1-3-12(6-10)17-8-9-4-5-11(15)7-13(9)16/h1-7,17H,8H2. The summed E-state index contributed by atoms with van der Waals surface area (Å²) in [5.41, 5.74) is 0.879. The summed E-state index contributed by atoms with van der Waals surface area (Å²) in [6.07, 6.45) is 0. The number of halogens is 3. The summed E-state index contributed by atoms with van der Waals surface area (Å²) in [6, 6.07) is 9.22. The predicted molar refractivity (Wildman–Crippen MR) is 60.1 cm³/mol. The van der Waals surface area contributed by atoms with E-state index in [1.807, 2.05) is 0 Å². The molecule has 2 aromatic carbocycles. The maximum Gasteiger partial charge on any atom is 0.131 e. The maximum atomic E-state index is 13.3. The molecule has 0 heterocycles. The Morgan fingerprint density at radius 2 is 1.65 bits per heavy atom. The summed E-state index contributed by atoms with van der Waals surface area (Å²) in [4.78, 5) is 0.